The number of amides is 3. The minimum Gasteiger partial charge on any atom is -0.393 e. The first-order chi connectivity index (χ1) is 14.3. The number of hydrogen-bond acceptors (Lipinski definition) is 5. The highest BCUT2D eigenvalue weighted by Gasteiger charge is 2.35. The number of nitrogens with one attached hydrogen (secondary N) is 1. The first-order valence-electron chi connectivity index (χ1n) is 9.44. The van der Waals surface area contributed by atoms with Gasteiger partial charge in [-0.1, -0.05) is 0 Å². The number of aliphatic hydroxyl groups is 1. The highest BCUT2D eigenvalue weighted by atomic mass is 79.9. The van der Waals surface area contributed by atoms with E-state index in [0.29, 0.717) is 35.5 Å². The normalized spacial score (nSPS) is 18.7. The van der Waals surface area contributed by atoms with Gasteiger partial charge in [-0.15, -0.1) is 0 Å². The van der Waals surface area contributed by atoms with Crippen LogP contribution in [0.1, 0.15) is 27.3 Å². The van der Waals surface area contributed by atoms with Crippen molar-refractivity contribution in [2.75, 3.05) is 25.5 Å². The Morgan fingerprint density at radius 1 is 1.47 bits per heavy atom. The number of anilines is 1. The van der Waals surface area contributed by atoms with Crippen molar-refractivity contribution in [3.63, 3.8) is 0 Å². The minimum absolute atomic E-state index is 0.210. The molecule has 1 unspecified atom stereocenters. The molecule has 0 saturated heterocycles. The van der Waals surface area contributed by atoms with Crippen LogP contribution in [0.5, 0.6) is 0 Å². The molecule has 1 atom stereocenters. The van der Waals surface area contributed by atoms with Crippen LogP contribution in [0.25, 0.3) is 0 Å². The lowest BCUT2D eigenvalue weighted by Crippen LogP contribution is -2.39. The SMILES string of the molecule is Cc1cc(F)c(Br)cc1NC(=O)N1CCc2nn3c(c2C1)C(=O)N(C)OC(CO)C3. The van der Waals surface area contributed by atoms with Gasteiger partial charge in [-0.05, 0) is 40.5 Å². The number of nitrogens with zero attached hydrogens (tertiary/aromatic N) is 4. The minimum atomic E-state index is -0.583. The number of carbonyl (C=O) groups is 2. The van der Waals surface area contributed by atoms with Gasteiger partial charge < -0.3 is 15.3 Å². The summed E-state index contributed by atoms with van der Waals surface area (Å²) in [5.41, 5.74) is 2.90. The lowest BCUT2D eigenvalue weighted by atomic mass is 10.0. The smallest absolute Gasteiger partial charge is 0.322 e. The van der Waals surface area contributed by atoms with Crippen molar-refractivity contribution in [2.45, 2.75) is 32.5 Å². The van der Waals surface area contributed by atoms with E-state index < -0.39 is 11.9 Å². The third kappa shape index (κ3) is 3.68. The zero-order valence-corrected chi connectivity index (χ0v) is 18.1. The number of hydroxylamine groups is 2. The molecule has 0 spiro atoms. The summed E-state index contributed by atoms with van der Waals surface area (Å²) in [6.07, 6.45) is -0.0860. The van der Waals surface area contributed by atoms with Crippen LogP contribution < -0.4 is 5.32 Å². The average Bonchev–Trinajstić information content (AvgIpc) is 3.01. The molecule has 2 aromatic rings. The number of fused-ring (bicyclic) bond motifs is 3. The number of rotatable bonds is 2. The number of aromatic nitrogens is 2. The third-order valence-corrected chi connectivity index (χ3v) is 5.88. The number of urea groups is 1. The Morgan fingerprint density at radius 2 is 2.23 bits per heavy atom. The second kappa shape index (κ2) is 7.97. The third-order valence-electron chi connectivity index (χ3n) is 5.27. The predicted molar refractivity (Wildman–Crippen MR) is 108 cm³/mol. The summed E-state index contributed by atoms with van der Waals surface area (Å²) in [7, 11) is 1.49. The number of aryl methyl sites for hydroxylation is 1. The van der Waals surface area contributed by atoms with Crippen molar-refractivity contribution in [1.29, 1.82) is 0 Å². The summed E-state index contributed by atoms with van der Waals surface area (Å²) < 4.78 is 15.5. The zero-order valence-electron chi connectivity index (χ0n) is 16.5. The molecule has 160 valence electrons. The molecule has 2 aliphatic rings. The Balaban J connectivity index is 1.58. The predicted octanol–water partition coefficient (Wildman–Crippen LogP) is 2.06. The molecule has 0 fully saturated rings. The van der Waals surface area contributed by atoms with Gasteiger partial charge in [-0.2, -0.15) is 5.10 Å². The molecule has 3 heterocycles. The van der Waals surface area contributed by atoms with Crippen LogP contribution in [0.3, 0.4) is 0 Å². The van der Waals surface area contributed by atoms with Crippen molar-refractivity contribution < 1.29 is 23.9 Å². The maximum Gasteiger partial charge on any atom is 0.322 e. The van der Waals surface area contributed by atoms with Gasteiger partial charge in [0.2, 0.25) is 0 Å². The second-order valence-electron chi connectivity index (χ2n) is 7.35. The van der Waals surface area contributed by atoms with Gasteiger partial charge in [-0.3, -0.25) is 14.3 Å². The second-order valence-corrected chi connectivity index (χ2v) is 8.21. The monoisotopic (exact) mass is 481 g/mol. The molecule has 0 radical (unpaired) electrons. The number of aliphatic hydroxyl groups excluding tert-OH is 1. The molecule has 30 heavy (non-hydrogen) atoms. The molecule has 0 aliphatic carbocycles. The van der Waals surface area contributed by atoms with Gasteiger partial charge >= 0.3 is 6.03 Å². The average molecular weight is 482 g/mol. The molecule has 2 N–H and O–H groups in total. The lowest BCUT2D eigenvalue weighted by Gasteiger charge is -2.27. The van der Waals surface area contributed by atoms with Crippen molar-refractivity contribution in [1.82, 2.24) is 19.7 Å². The molecule has 1 aromatic heterocycles. The van der Waals surface area contributed by atoms with Crippen LogP contribution >= 0.6 is 15.9 Å². The van der Waals surface area contributed by atoms with E-state index in [-0.39, 0.29) is 36.1 Å². The van der Waals surface area contributed by atoms with E-state index in [9.17, 15) is 19.1 Å². The molecule has 11 heteroatoms. The number of halogens is 2. The zero-order chi connectivity index (χ0) is 21.6. The van der Waals surface area contributed by atoms with E-state index in [4.69, 9.17) is 4.84 Å². The Labute approximate surface area is 180 Å². The molecular formula is C19H21BrFN5O4. The largest absolute Gasteiger partial charge is 0.393 e. The van der Waals surface area contributed by atoms with Gasteiger partial charge in [0.25, 0.3) is 5.91 Å². The van der Waals surface area contributed by atoms with Crippen LogP contribution in [0, 0.1) is 12.7 Å². The Kier molecular flexibility index (Phi) is 5.51. The van der Waals surface area contributed by atoms with E-state index in [2.05, 4.69) is 26.3 Å². The number of carbonyl (C=O) groups excluding carboxylic acids is 2. The molecule has 2 aliphatic heterocycles. The maximum absolute atomic E-state index is 13.7. The molecular weight excluding hydrogens is 461 g/mol. The number of hydrogen-bond donors (Lipinski definition) is 2. The molecule has 9 nitrogen and oxygen atoms in total. The summed E-state index contributed by atoms with van der Waals surface area (Å²) in [6, 6.07) is 2.52. The molecule has 0 saturated carbocycles. The highest BCUT2D eigenvalue weighted by molar-refractivity contribution is 9.10. The Bertz CT molecular complexity index is 1030. The fourth-order valence-electron chi connectivity index (χ4n) is 3.68. The van der Waals surface area contributed by atoms with E-state index in [1.807, 2.05) is 0 Å². The molecule has 3 amide bonds. The standard InChI is InChI=1S/C19H21BrFN5O4/c1-10-5-14(21)13(20)6-16(10)22-19(29)25-4-3-15-12(8-25)17-18(28)24(2)30-11(9-27)7-26(17)23-15/h5-6,11,27H,3-4,7-9H2,1-2H3,(H,22,29). The Morgan fingerprint density at radius 3 is 2.97 bits per heavy atom. The van der Waals surface area contributed by atoms with E-state index in [1.54, 1.807) is 16.5 Å². The van der Waals surface area contributed by atoms with Crippen LogP contribution in [0.15, 0.2) is 16.6 Å². The molecule has 1 aromatic carbocycles. The van der Waals surface area contributed by atoms with Gasteiger partial charge in [0.15, 0.2) is 0 Å². The van der Waals surface area contributed by atoms with Gasteiger partial charge in [0.05, 0.1) is 29.9 Å². The summed E-state index contributed by atoms with van der Waals surface area (Å²) in [5, 5.41) is 17.9. The van der Waals surface area contributed by atoms with Gasteiger partial charge in [0.1, 0.15) is 17.6 Å². The fourth-order valence-corrected chi connectivity index (χ4v) is 4.03. The first-order valence-corrected chi connectivity index (χ1v) is 10.2. The molecule has 0 bridgehead atoms. The van der Waals surface area contributed by atoms with Crippen LogP contribution in [-0.4, -0.2) is 63.1 Å². The van der Waals surface area contributed by atoms with Crippen molar-refractivity contribution in [3.05, 3.63) is 44.9 Å². The fraction of sp³-hybridized carbons (Fsp3) is 0.421. The van der Waals surface area contributed by atoms with Crippen LogP contribution in [-0.2, 0) is 24.3 Å². The van der Waals surface area contributed by atoms with E-state index in [0.717, 1.165) is 10.8 Å². The summed E-state index contributed by atoms with van der Waals surface area (Å²) in [5.74, 6) is -0.776. The number of benzene rings is 1. The van der Waals surface area contributed by atoms with Gasteiger partial charge in [0, 0.05) is 31.3 Å². The Hall–Kier alpha value is -2.50. The summed E-state index contributed by atoms with van der Waals surface area (Å²) >= 11 is 3.13. The van der Waals surface area contributed by atoms with Crippen molar-refractivity contribution in [2.24, 2.45) is 0 Å². The van der Waals surface area contributed by atoms with E-state index in [1.165, 1.54) is 19.2 Å². The lowest BCUT2D eigenvalue weighted by molar-refractivity contribution is -0.159. The molecule has 4 rings (SSSR count). The van der Waals surface area contributed by atoms with Crippen molar-refractivity contribution >= 4 is 33.6 Å². The van der Waals surface area contributed by atoms with Crippen molar-refractivity contribution in [3.8, 4) is 0 Å². The maximum atomic E-state index is 13.7. The van der Waals surface area contributed by atoms with E-state index >= 15 is 0 Å². The van der Waals surface area contributed by atoms with Crippen LogP contribution in [0.4, 0.5) is 14.9 Å². The summed E-state index contributed by atoms with van der Waals surface area (Å²) in [6.45, 7) is 2.34. The highest BCUT2D eigenvalue weighted by Crippen LogP contribution is 2.28. The van der Waals surface area contributed by atoms with Crippen LogP contribution in [0.2, 0.25) is 0 Å². The van der Waals surface area contributed by atoms with Gasteiger partial charge in [-0.25, -0.2) is 14.2 Å². The summed E-state index contributed by atoms with van der Waals surface area (Å²) in [4.78, 5) is 32.7. The quantitative estimate of drug-likeness (QED) is 0.683. The topological polar surface area (TPSA) is 99.9 Å². The first kappa shape index (κ1) is 20.8.